The number of imidazole rings is 1. The summed E-state index contributed by atoms with van der Waals surface area (Å²) in [5, 5.41) is 10.4. The van der Waals surface area contributed by atoms with Crippen molar-refractivity contribution in [3.63, 3.8) is 0 Å². The molecule has 4 rings (SSSR count). The van der Waals surface area contributed by atoms with Crippen LogP contribution in [0.4, 0.5) is 17.2 Å². The molecule has 0 spiro atoms. The molecule has 0 aliphatic carbocycles. The molecule has 2 aromatic carbocycles. The van der Waals surface area contributed by atoms with Crippen molar-refractivity contribution in [3.8, 4) is 5.75 Å². The molecular formula is C23H21N5O4. The monoisotopic (exact) mass is 431 g/mol. The molecule has 2 aromatic heterocycles. The van der Waals surface area contributed by atoms with Gasteiger partial charge in [0, 0.05) is 11.4 Å². The van der Waals surface area contributed by atoms with Gasteiger partial charge in [-0.05, 0) is 61.5 Å². The Morgan fingerprint density at radius 2 is 1.84 bits per heavy atom. The number of ether oxygens (including phenoxy) is 2. The molecule has 0 radical (unpaired) electrons. The van der Waals surface area contributed by atoms with E-state index in [0.717, 1.165) is 11.4 Å². The van der Waals surface area contributed by atoms with Gasteiger partial charge in [0.25, 0.3) is 5.91 Å². The number of carbonyl (C=O) groups excluding carboxylic acids is 2. The van der Waals surface area contributed by atoms with Crippen molar-refractivity contribution >= 4 is 34.7 Å². The van der Waals surface area contributed by atoms with Gasteiger partial charge in [-0.15, -0.1) is 5.10 Å². The number of fused-ring (bicyclic) bond motifs is 1. The lowest BCUT2D eigenvalue weighted by atomic mass is 10.2. The average Bonchev–Trinajstić information content (AvgIpc) is 3.23. The zero-order valence-corrected chi connectivity index (χ0v) is 17.5. The topological polar surface area (TPSA) is 107 Å². The van der Waals surface area contributed by atoms with E-state index in [1.807, 2.05) is 24.3 Å². The van der Waals surface area contributed by atoms with E-state index in [0.29, 0.717) is 22.7 Å². The zero-order valence-electron chi connectivity index (χ0n) is 17.5. The van der Waals surface area contributed by atoms with Crippen LogP contribution in [0.3, 0.4) is 0 Å². The minimum Gasteiger partial charge on any atom is -0.497 e. The lowest BCUT2D eigenvalue weighted by molar-refractivity contribution is 0.0526. The van der Waals surface area contributed by atoms with Crippen molar-refractivity contribution < 1.29 is 19.1 Å². The first-order chi connectivity index (χ1) is 15.6. The molecule has 0 saturated heterocycles. The molecule has 0 unspecified atom stereocenters. The van der Waals surface area contributed by atoms with Crippen LogP contribution in [0.1, 0.15) is 27.8 Å². The fourth-order valence-corrected chi connectivity index (χ4v) is 3.05. The number of nitrogens with zero attached hydrogens (tertiary/aromatic N) is 3. The van der Waals surface area contributed by atoms with Gasteiger partial charge in [-0.25, -0.2) is 14.3 Å². The number of amides is 1. The summed E-state index contributed by atoms with van der Waals surface area (Å²) in [7, 11) is 1.61. The Bertz CT molecular complexity index is 1270. The van der Waals surface area contributed by atoms with Crippen molar-refractivity contribution in [2.45, 2.75) is 6.92 Å². The average molecular weight is 431 g/mol. The Labute approximate surface area is 184 Å². The van der Waals surface area contributed by atoms with Crippen LogP contribution in [-0.2, 0) is 4.74 Å². The number of hydrogen-bond acceptors (Lipinski definition) is 7. The normalized spacial score (nSPS) is 10.6. The fourth-order valence-electron chi connectivity index (χ4n) is 3.05. The summed E-state index contributed by atoms with van der Waals surface area (Å²) in [6.07, 6.45) is 1.45. The fraction of sp³-hybridized carbons (Fsp3) is 0.130. The van der Waals surface area contributed by atoms with E-state index in [-0.39, 0.29) is 12.3 Å². The van der Waals surface area contributed by atoms with E-state index in [1.165, 1.54) is 10.7 Å². The van der Waals surface area contributed by atoms with Crippen LogP contribution in [-0.4, -0.2) is 40.2 Å². The molecule has 0 aliphatic heterocycles. The summed E-state index contributed by atoms with van der Waals surface area (Å²) in [4.78, 5) is 29.1. The highest BCUT2D eigenvalue weighted by atomic mass is 16.5. The maximum atomic E-state index is 12.9. The molecule has 0 bridgehead atoms. The standard InChI is InChI=1S/C23H21N5O4/c1-3-32-23(30)15-5-4-6-17(13-15)26-22(29)19-14-24-21-12-11-20(27-28(19)21)25-16-7-9-18(31-2)10-8-16/h4-14H,3H2,1-2H3,(H,25,27)(H,26,29). The molecule has 2 N–H and O–H groups in total. The minimum absolute atomic E-state index is 0.250. The Kier molecular flexibility index (Phi) is 5.98. The molecule has 162 valence electrons. The highest BCUT2D eigenvalue weighted by molar-refractivity contribution is 6.04. The van der Waals surface area contributed by atoms with Gasteiger partial charge in [-0.1, -0.05) is 6.07 Å². The van der Waals surface area contributed by atoms with Gasteiger partial charge in [-0.3, -0.25) is 4.79 Å². The lowest BCUT2D eigenvalue weighted by Gasteiger charge is -2.09. The third kappa shape index (κ3) is 4.51. The summed E-state index contributed by atoms with van der Waals surface area (Å²) in [5.41, 5.74) is 2.41. The molecule has 9 nitrogen and oxygen atoms in total. The van der Waals surface area contributed by atoms with Gasteiger partial charge in [0.05, 0.1) is 25.5 Å². The summed E-state index contributed by atoms with van der Waals surface area (Å²) in [6, 6.07) is 17.5. The molecule has 0 aliphatic rings. The quantitative estimate of drug-likeness (QED) is 0.427. The second-order valence-corrected chi connectivity index (χ2v) is 6.74. The Morgan fingerprint density at radius 3 is 2.59 bits per heavy atom. The SMILES string of the molecule is CCOC(=O)c1cccc(NC(=O)c2cnc3ccc(Nc4ccc(OC)cc4)nn23)c1. The van der Waals surface area contributed by atoms with E-state index < -0.39 is 11.9 Å². The highest BCUT2D eigenvalue weighted by Gasteiger charge is 2.15. The van der Waals surface area contributed by atoms with Gasteiger partial charge >= 0.3 is 5.97 Å². The maximum Gasteiger partial charge on any atom is 0.338 e. The first-order valence-electron chi connectivity index (χ1n) is 9.92. The zero-order chi connectivity index (χ0) is 22.5. The molecular weight excluding hydrogens is 410 g/mol. The van der Waals surface area contributed by atoms with E-state index in [9.17, 15) is 9.59 Å². The van der Waals surface area contributed by atoms with E-state index in [2.05, 4.69) is 20.7 Å². The van der Waals surface area contributed by atoms with Crippen LogP contribution in [0.5, 0.6) is 5.75 Å². The number of benzene rings is 2. The number of nitrogens with one attached hydrogen (secondary N) is 2. The molecule has 4 aromatic rings. The predicted molar refractivity (Wildman–Crippen MR) is 120 cm³/mol. The van der Waals surface area contributed by atoms with Crippen LogP contribution in [0.2, 0.25) is 0 Å². The number of methoxy groups -OCH3 is 1. The number of esters is 1. The third-order valence-electron chi connectivity index (χ3n) is 4.59. The van der Waals surface area contributed by atoms with Crippen LogP contribution in [0.25, 0.3) is 5.65 Å². The van der Waals surface area contributed by atoms with Crippen molar-refractivity contribution in [2.24, 2.45) is 0 Å². The molecule has 32 heavy (non-hydrogen) atoms. The summed E-state index contributed by atoms with van der Waals surface area (Å²) >= 11 is 0. The lowest BCUT2D eigenvalue weighted by Crippen LogP contribution is -2.16. The Morgan fingerprint density at radius 1 is 1.03 bits per heavy atom. The number of aromatic nitrogens is 3. The predicted octanol–water partition coefficient (Wildman–Crippen LogP) is 3.91. The van der Waals surface area contributed by atoms with Gasteiger partial charge < -0.3 is 20.1 Å². The van der Waals surface area contributed by atoms with Gasteiger partial charge in [0.2, 0.25) is 0 Å². The first-order valence-corrected chi connectivity index (χ1v) is 9.92. The second-order valence-electron chi connectivity index (χ2n) is 6.74. The number of hydrogen-bond donors (Lipinski definition) is 2. The molecule has 1 amide bonds. The number of rotatable bonds is 7. The highest BCUT2D eigenvalue weighted by Crippen LogP contribution is 2.20. The van der Waals surface area contributed by atoms with E-state index >= 15 is 0 Å². The molecule has 2 heterocycles. The van der Waals surface area contributed by atoms with Crippen molar-refractivity contribution in [3.05, 3.63) is 78.1 Å². The Balaban J connectivity index is 1.55. The number of carbonyl (C=O) groups is 2. The van der Waals surface area contributed by atoms with Crippen molar-refractivity contribution in [2.75, 3.05) is 24.4 Å². The summed E-state index contributed by atoms with van der Waals surface area (Å²) in [6.45, 7) is 2.01. The molecule has 9 heteroatoms. The second kappa shape index (κ2) is 9.17. The van der Waals surface area contributed by atoms with E-state index in [4.69, 9.17) is 9.47 Å². The van der Waals surface area contributed by atoms with Crippen LogP contribution >= 0.6 is 0 Å². The van der Waals surface area contributed by atoms with E-state index in [1.54, 1.807) is 50.4 Å². The largest absolute Gasteiger partial charge is 0.497 e. The van der Waals surface area contributed by atoms with Gasteiger partial charge in [-0.2, -0.15) is 0 Å². The summed E-state index contributed by atoms with van der Waals surface area (Å²) in [5.74, 6) is 0.431. The van der Waals surface area contributed by atoms with Crippen molar-refractivity contribution in [1.82, 2.24) is 14.6 Å². The van der Waals surface area contributed by atoms with Crippen LogP contribution in [0.15, 0.2) is 66.9 Å². The molecule has 0 saturated carbocycles. The molecule has 0 fully saturated rings. The summed E-state index contributed by atoms with van der Waals surface area (Å²) < 4.78 is 11.6. The van der Waals surface area contributed by atoms with Crippen molar-refractivity contribution in [1.29, 1.82) is 0 Å². The smallest absolute Gasteiger partial charge is 0.338 e. The van der Waals surface area contributed by atoms with Gasteiger partial charge in [0.1, 0.15) is 5.75 Å². The minimum atomic E-state index is -0.450. The third-order valence-corrected chi connectivity index (χ3v) is 4.59. The Hall–Kier alpha value is -4.40. The van der Waals surface area contributed by atoms with Gasteiger partial charge in [0.15, 0.2) is 17.2 Å². The van der Waals surface area contributed by atoms with Crippen LogP contribution < -0.4 is 15.4 Å². The maximum absolute atomic E-state index is 12.9. The van der Waals surface area contributed by atoms with Crippen LogP contribution in [0, 0.1) is 0 Å². The molecule has 0 atom stereocenters. The number of anilines is 3. The first kappa shape index (κ1) is 20.9.